The number of hydrogen-bond acceptors (Lipinski definition) is 4. The molecule has 0 aromatic heterocycles. The van der Waals surface area contributed by atoms with Crippen LogP contribution in [0, 0.1) is 11.7 Å². The number of anilines is 1. The SMILES string of the molecule is CC(=O)c1cc(NC(=NC(N)=O)NCCCN2CCCC(Cc3ccc(F)cc3)C2)cc(C(C)=O)c1. The minimum atomic E-state index is -0.862. The van der Waals surface area contributed by atoms with Gasteiger partial charge in [0, 0.05) is 29.9 Å². The van der Waals surface area contributed by atoms with Crippen LogP contribution in [0.15, 0.2) is 47.5 Å². The summed E-state index contributed by atoms with van der Waals surface area (Å²) in [6, 6.07) is 10.6. The molecule has 0 spiro atoms. The van der Waals surface area contributed by atoms with Gasteiger partial charge in [0.2, 0.25) is 5.96 Å². The largest absolute Gasteiger partial charge is 0.356 e. The van der Waals surface area contributed by atoms with E-state index in [2.05, 4.69) is 20.5 Å². The zero-order valence-electron chi connectivity index (χ0n) is 20.9. The van der Waals surface area contributed by atoms with Crippen LogP contribution >= 0.6 is 0 Å². The quantitative estimate of drug-likeness (QED) is 0.209. The Balaban J connectivity index is 1.53. The molecule has 1 unspecified atom stereocenters. The van der Waals surface area contributed by atoms with Crippen molar-refractivity contribution in [3.63, 3.8) is 0 Å². The average Bonchev–Trinajstić information content (AvgIpc) is 2.83. The van der Waals surface area contributed by atoms with Gasteiger partial charge in [0.1, 0.15) is 5.82 Å². The number of ketones is 2. The third-order valence-corrected chi connectivity index (χ3v) is 6.22. The maximum absolute atomic E-state index is 13.2. The van der Waals surface area contributed by atoms with Gasteiger partial charge in [-0.3, -0.25) is 9.59 Å². The summed E-state index contributed by atoms with van der Waals surface area (Å²) < 4.78 is 13.2. The second-order valence-electron chi connectivity index (χ2n) is 9.25. The van der Waals surface area contributed by atoms with Crippen LogP contribution < -0.4 is 16.4 Å². The van der Waals surface area contributed by atoms with Crippen molar-refractivity contribution in [1.82, 2.24) is 10.2 Å². The van der Waals surface area contributed by atoms with Gasteiger partial charge in [0.15, 0.2) is 11.6 Å². The average molecular weight is 496 g/mol. The van der Waals surface area contributed by atoms with E-state index in [-0.39, 0.29) is 23.3 Å². The lowest BCUT2D eigenvalue weighted by Crippen LogP contribution is -2.39. The van der Waals surface area contributed by atoms with Gasteiger partial charge in [0.25, 0.3) is 0 Å². The van der Waals surface area contributed by atoms with Gasteiger partial charge < -0.3 is 21.3 Å². The van der Waals surface area contributed by atoms with E-state index >= 15 is 0 Å². The Kier molecular flexibility index (Phi) is 9.69. The first kappa shape index (κ1) is 27.0. The van der Waals surface area contributed by atoms with Crippen molar-refractivity contribution >= 4 is 29.2 Å². The predicted octanol–water partition coefficient (Wildman–Crippen LogP) is 4.01. The van der Waals surface area contributed by atoms with Crippen LogP contribution in [0.1, 0.15) is 59.4 Å². The van der Waals surface area contributed by atoms with Crippen LogP contribution in [0.2, 0.25) is 0 Å². The molecule has 1 atom stereocenters. The molecule has 192 valence electrons. The molecule has 2 amide bonds. The van der Waals surface area contributed by atoms with Gasteiger partial charge >= 0.3 is 6.03 Å². The van der Waals surface area contributed by atoms with Gasteiger partial charge in [-0.2, -0.15) is 4.99 Å². The molecule has 8 nitrogen and oxygen atoms in total. The molecule has 2 aromatic carbocycles. The molecule has 1 heterocycles. The van der Waals surface area contributed by atoms with Crippen molar-refractivity contribution < 1.29 is 18.8 Å². The van der Waals surface area contributed by atoms with Gasteiger partial charge in [-0.25, -0.2) is 9.18 Å². The highest BCUT2D eigenvalue weighted by molar-refractivity contribution is 6.04. The molecule has 1 fully saturated rings. The van der Waals surface area contributed by atoms with Crippen LogP contribution in [0.5, 0.6) is 0 Å². The van der Waals surface area contributed by atoms with E-state index in [9.17, 15) is 18.8 Å². The van der Waals surface area contributed by atoms with Crippen LogP contribution in [-0.4, -0.2) is 54.6 Å². The highest BCUT2D eigenvalue weighted by Gasteiger charge is 2.20. The topological polar surface area (TPSA) is 117 Å². The smallest absolute Gasteiger partial charge is 0.341 e. The summed E-state index contributed by atoms with van der Waals surface area (Å²) in [5, 5.41) is 6.07. The van der Waals surface area contributed by atoms with Crippen LogP contribution in [0.4, 0.5) is 14.9 Å². The number of nitrogens with zero attached hydrogens (tertiary/aromatic N) is 2. The summed E-state index contributed by atoms with van der Waals surface area (Å²) in [7, 11) is 0. The number of guanidine groups is 1. The van der Waals surface area contributed by atoms with E-state index in [1.54, 1.807) is 12.1 Å². The summed E-state index contributed by atoms with van der Waals surface area (Å²) >= 11 is 0. The molecular weight excluding hydrogens is 461 g/mol. The molecule has 2 aromatic rings. The highest BCUT2D eigenvalue weighted by atomic mass is 19.1. The summed E-state index contributed by atoms with van der Waals surface area (Å²) in [4.78, 5) is 41.4. The first-order valence-corrected chi connectivity index (χ1v) is 12.2. The molecule has 36 heavy (non-hydrogen) atoms. The molecule has 1 saturated heterocycles. The Morgan fingerprint density at radius 2 is 1.75 bits per heavy atom. The number of nitrogens with two attached hydrogens (primary N) is 1. The number of likely N-dealkylation sites (tertiary alicyclic amines) is 1. The van der Waals surface area contributed by atoms with Crippen molar-refractivity contribution in [2.45, 2.75) is 39.5 Å². The fraction of sp³-hybridized carbons (Fsp3) is 0.407. The molecule has 1 aliphatic rings. The first-order chi connectivity index (χ1) is 17.2. The fourth-order valence-electron chi connectivity index (χ4n) is 4.45. The number of carbonyl (C=O) groups is 3. The standard InChI is InChI=1S/C27H34FN5O3/c1-18(34)22-14-23(19(2)35)16-25(15-22)31-27(32-26(29)36)30-10-4-12-33-11-3-5-21(17-33)13-20-6-8-24(28)9-7-20/h6-9,14-16,21H,3-5,10-13,17H2,1-2H3,(H4,29,30,31,32,36). The third kappa shape index (κ3) is 8.57. The Morgan fingerprint density at radius 1 is 1.08 bits per heavy atom. The summed E-state index contributed by atoms with van der Waals surface area (Å²) in [6.07, 6.45) is 4.04. The molecular formula is C27H34FN5O3. The van der Waals surface area contributed by atoms with E-state index < -0.39 is 6.03 Å². The number of urea groups is 1. The van der Waals surface area contributed by atoms with Crippen molar-refractivity contribution in [2.24, 2.45) is 16.6 Å². The molecule has 4 N–H and O–H groups in total. The maximum Gasteiger partial charge on any atom is 0.341 e. The normalized spacial score (nSPS) is 16.4. The minimum absolute atomic E-state index is 0.158. The van der Waals surface area contributed by atoms with Gasteiger partial charge in [-0.1, -0.05) is 12.1 Å². The number of benzene rings is 2. The lowest BCUT2D eigenvalue weighted by molar-refractivity contribution is 0.101. The van der Waals surface area contributed by atoms with Crippen molar-refractivity contribution in [1.29, 1.82) is 0 Å². The number of amides is 2. The van der Waals surface area contributed by atoms with Crippen molar-refractivity contribution in [2.75, 3.05) is 31.5 Å². The number of hydrogen-bond donors (Lipinski definition) is 3. The number of Topliss-reactive ketones (excluding diaryl/α,β-unsaturated/α-hetero) is 2. The lowest BCUT2D eigenvalue weighted by Gasteiger charge is -2.33. The van der Waals surface area contributed by atoms with Crippen LogP contribution in [0.3, 0.4) is 0 Å². The second-order valence-corrected chi connectivity index (χ2v) is 9.25. The number of carbonyl (C=O) groups excluding carboxylic acids is 3. The minimum Gasteiger partial charge on any atom is -0.356 e. The van der Waals surface area contributed by atoms with Crippen molar-refractivity contribution in [3.8, 4) is 0 Å². The van der Waals surface area contributed by atoms with Crippen LogP contribution in [-0.2, 0) is 6.42 Å². The molecule has 0 bridgehead atoms. The highest BCUT2D eigenvalue weighted by Crippen LogP contribution is 2.21. The second kappa shape index (κ2) is 12.9. The van der Waals surface area contributed by atoms with Gasteiger partial charge in [0.05, 0.1) is 0 Å². The van der Waals surface area contributed by atoms with E-state index in [1.807, 2.05) is 12.1 Å². The van der Waals surface area contributed by atoms with E-state index in [0.717, 1.165) is 50.9 Å². The first-order valence-electron chi connectivity index (χ1n) is 12.2. The summed E-state index contributed by atoms with van der Waals surface area (Å²) in [5.41, 5.74) is 7.64. The predicted molar refractivity (Wildman–Crippen MR) is 139 cm³/mol. The van der Waals surface area contributed by atoms with E-state index in [1.165, 1.54) is 32.0 Å². The summed E-state index contributed by atoms with van der Waals surface area (Å²) in [6.45, 7) is 6.29. The zero-order valence-corrected chi connectivity index (χ0v) is 20.9. The van der Waals surface area contributed by atoms with Crippen molar-refractivity contribution in [3.05, 3.63) is 65.0 Å². The zero-order chi connectivity index (χ0) is 26.1. The molecule has 1 aliphatic heterocycles. The Morgan fingerprint density at radius 3 is 2.36 bits per heavy atom. The molecule has 0 radical (unpaired) electrons. The summed E-state index contributed by atoms with van der Waals surface area (Å²) in [5.74, 6) is 0.125. The Bertz CT molecular complexity index is 1080. The number of rotatable bonds is 9. The molecule has 0 aliphatic carbocycles. The Hall–Kier alpha value is -3.59. The third-order valence-electron chi connectivity index (χ3n) is 6.22. The van der Waals surface area contributed by atoms with Crippen LogP contribution in [0.25, 0.3) is 0 Å². The number of piperidine rings is 1. The van der Waals surface area contributed by atoms with E-state index in [4.69, 9.17) is 5.73 Å². The fourth-order valence-corrected chi connectivity index (χ4v) is 4.45. The monoisotopic (exact) mass is 495 g/mol. The number of nitrogens with one attached hydrogen (secondary N) is 2. The number of halogens is 1. The number of aliphatic imine (C=N–C) groups is 1. The molecule has 9 heteroatoms. The maximum atomic E-state index is 13.2. The van der Waals surface area contributed by atoms with Gasteiger partial charge in [-0.15, -0.1) is 0 Å². The lowest BCUT2D eigenvalue weighted by atomic mass is 9.91. The Labute approximate surface area is 211 Å². The number of primary amides is 1. The van der Waals surface area contributed by atoms with Gasteiger partial charge in [-0.05, 0) is 94.4 Å². The van der Waals surface area contributed by atoms with E-state index in [0.29, 0.717) is 29.3 Å². The molecule has 3 rings (SSSR count). The molecule has 0 saturated carbocycles.